The SMILES string of the molecule is CC(C)OCc1nc(C(C)NCc2cccc(C(=O)O)c2)no1. The number of hydrogen-bond donors (Lipinski definition) is 2. The number of carboxylic acid groups (broad SMARTS) is 1. The number of carbonyl (C=O) groups is 1. The largest absolute Gasteiger partial charge is 0.478 e. The van der Waals surface area contributed by atoms with Crippen LogP contribution in [-0.4, -0.2) is 27.3 Å². The lowest BCUT2D eigenvalue weighted by atomic mass is 10.1. The monoisotopic (exact) mass is 319 g/mol. The van der Waals surface area contributed by atoms with Crippen molar-refractivity contribution in [3.05, 3.63) is 47.1 Å². The van der Waals surface area contributed by atoms with Gasteiger partial charge in [-0.25, -0.2) is 4.79 Å². The van der Waals surface area contributed by atoms with Crippen LogP contribution in [0.1, 0.15) is 54.4 Å². The molecule has 1 atom stereocenters. The fraction of sp³-hybridized carbons (Fsp3) is 0.438. The zero-order chi connectivity index (χ0) is 16.8. The van der Waals surface area contributed by atoms with E-state index in [2.05, 4.69) is 15.5 Å². The van der Waals surface area contributed by atoms with Crippen molar-refractivity contribution in [2.75, 3.05) is 0 Å². The minimum Gasteiger partial charge on any atom is -0.478 e. The Balaban J connectivity index is 1.90. The van der Waals surface area contributed by atoms with E-state index in [1.165, 1.54) is 0 Å². The third-order valence-corrected chi connectivity index (χ3v) is 3.20. The van der Waals surface area contributed by atoms with E-state index in [0.717, 1.165) is 5.56 Å². The van der Waals surface area contributed by atoms with E-state index in [-0.39, 0.29) is 24.3 Å². The van der Waals surface area contributed by atoms with Gasteiger partial charge in [0.25, 0.3) is 5.89 Å². The lowest BCUT2D eigenvalue weighted by molar-refractivity contribution is 0.0485. The maximum absolute atomic E-state index is 11.0. The number of benzene rings is 1. The predicted molar refractivity (Wildman–Crippen MR) is 82.9 cm³/mol. The van der Waals surface area contributed by atoms with Gasteiger partial charge in [0, 0.05) is 6.54 Å². The van der Waals surface area contributed by atoms with E-state index in [1.54, 1.807) is 18.2 Å². The maximum atomic E-state index is 11.0. The highest BCUT2D eigenvalue weighted by Crippen LogP contribution is 2.12. The van der Waals surface area contributed by atoms with Crippen molar-refractivity contribution in [2.45, 2.75) is 46.1 Å². The second-order valence-electron chi connectivity index (χ2n) is 5.51. The van der Waals surface area contributed by atoms with Gasteiger partial charge in [0.1, 0.15) is 6.61 Å². The highest BCUT2D eigenvalue weighted by Gasteiger charge is 2.14. The quantitative estimate of drug-likeness (QED) is 0.771. The van der Waals surface area contributed by atoms with Crippen molar-refractivity contribution in [1.29, 1.82) is 0 Å². The van der Waals surface area contributed by atoms with Gasteiger partial charge in [-0.1, -0.05) is 17.3 Å². The Morgan fingerprint density at radius 1 is 1.39 bits per heavy atom. The van der Waals surface area contributed by atoms with Crippen LogP contribution in [0.3, 0.4) is 0 Å². The van der Waals surface area contributed by atoms with Gasteiger partial charge in [0.15, 0.2) is 5.82 Å². The second-order valence-corrected chi connectivity index (χ2v) is 5.51. The summed E-state index contributed by atoms with van der Waals surface area (Å²) in [6.45, 7) is 6.59. The number of nitrogens with zero attached hydrogens (tertiary/aromatic N) is 2. The first-order chi connectivity index (χ1) is 11.0. The first-order valence-corrected chi connectivity index (χ1v) is 7.45. The molecule has 0 saturated heterocycles. The average Bonchev–Trinajstić information content (AvgIpc) is 3.00. The van der Waals surface area contributed by atoms with Crippen LogP contribution in [-0.2, 0) is 17.9 Å². The number of nitrogens with one attached hydrogen (secondary N) is 1. The molecule has 7 nitrogen and oxygen atoms in total. The number of hydrogen-bond acceptors (Lipinski definition) is 6. The Bertz CT molecular complexity index is 654. The van der Waals surface area contributed by atoms with Crippen LogP contribution in [0.25, 0.3) is 0 Å². The Labute approximate surface area is 134 Å². The summed E-state index contributed by atoms with van der Waals surface area (Å²) in [4.78, 5) is 15.2. The molecule has 1 aromatic carbocycles. The van der Waals surface area contributed by atoms with Gasteiger partial charge in [-0.3, -0.25) is 0 Å². The van der Waals surface area contributed by atoms with Crippen molar-refractivity contribution < 1.29 is 19.2 Å². The van der Waals surface area contributed by atoms with Crippen LogP contribution in [0.15, 0.2) is 28.8 Å². The Kier molecular flexibility index (Phi) is 5.84. The number of carboxylic acids is 1. The van der Waals surface area contributed by atoms with E-state index in [1.807, 2.05) is 26.8 Å². The van der Waals surface area contributed by atoms with Gasteiger partial charge < -0.3 is 19.7 Å². The topological polar surface area (TPSA) is 97.5 Å². The fourth-order valence-electron chi connectivity index (χ4n) is 1.92. The summed E-state index contributed by atoms with van der Waals surface area (Å²) in [5.74, 6) is 0.0461. The van der Waals surface area contributed by atoms with Crippen molar-refractivity contribution in [3.63, 3.8) is 0 Å². The van der Waals surface area contributed by atoms with Crippen LogP contribution in [0.5, 0.6) is 0 Å². The Morgan fingerprint density at radius 2 is 2.17 bits per heavy atom. The molecule has 124 valence electrons. The smallest absolute Gasteiger partial charge is 0.335 e. The van der Waals surface area contributed by atoms with Crippen LogP contribution in [0.4, 0.5) is 0 Å². The van der Waals surface area contributed by atoms with Crippen molar-refractivity contribution in [3.8, 4) is 0 Å². The molecular weight excluding hydrogens is 298 g/mol. The third-order valence-electron chi connectivity index (χ3n) is 3.20. The summed E-state index contributed by atoms with van der Waals surface area (Å²) in [6.07, 6.45) is 0.0995. The molecule has 0 amide bonds. The van der Waals surface area contributed by atoms with Crippen LogP contribution >= 0.6 is 0 Å². The zero-order valence-corrected chi connectivity index (χ0v) is 13.4. The van der Waals surface area contributed by atoms with E-state index < -0.39 is 5.97 Å². The molecule has 1 aromatic heterocycles. The van der Waals surface area contributed by atoms with Gasteiger partial charge >= 0.3 is 5.97 Å². The summed E-state index contributed by atoms with van der Waals surface area (Å²) >= 11 is 0. The van der Waals surface area contributed by atoms with Gasteiger partial charge in [0.05, 0.1) is 17.7 Å². The molecule has 0 saturated carbocycles. The summed E-state index contributed by atoms with van der Waals surface area (Å²) in [5.41, 5.74) is 1.15. The summed E-state index contributed by atoms with van der Waals surface area (Å²) < 4.78 is 10.5. The molecule has 23 heavy (non-hydrogen) atoms. The molecule has 0 fully saturated rings. The molecular formula is C16H21N3O4. The molecule has 1 heterocycles. The molecule has 1 unspecified atom stereocenters. The zero-order valence-electron chi connectivity index (χ0n) is 13.4. The number of aromatic carboxylic acids is 1. The minimum atomic E-state index is -0.937. The number of rotatable bonds is 8. The molecule has 2 N–H and O–H groups in total. The molecule has 0 aliphatic rings. The summed E-state index contributed by atoms with van der Waals surface area (Å²) in [7, 11) is 0. The first-order valence-electron chi connectivity index (χ1n) is 7.45. The predicted octanol–water partition coefficient (Wildman–Crippen LogP) is 2.54. The van der Waals surface area contributed by atoms with E-state index in [0.29, 0.717) is 18.3 Å². The molecule has 0 bridgehead atoms. The van der Waals surface area contributed by atoms with Gasteiger partial charge in [-0.15, -0.1) is 0 Å². The highest BCUT2D eigenvalue weighted by atomic mass is 16.5. The van der Waals surface area contributed by atoms with E-state index in [4.69, 9.17) is 14.4 Å². The number of aromatic nitrogens is 2. The molecule has 2 aromatic rings. The standard InChI is InChI=1S/C16H21N3O4/c1-10(2)22-9-14-18-15(19-23-14)11(3)17-8-12-5-4-6-13(7-12)16(20)21/h4-7,10-11,17H,8-9H2,1-3H3,(H,20,21). The van der Waals surface area contributed by atoms with Crippen LogP contribution < -0.4 is 5.32 Å². The molecule has 0 aliphatic heterocycles. The van der Waals surface area contributed by atoms with Crippen LogP contribution in [0.2, 0.25) is 0 Å². The fourth-order valence-corrected chi connectivity index (χ4v) is 1.92. The van der Waals surface area contributed by atoms with E-state index >= 15 is 0 Å². The van der Waals surface area contributed by atoms with Crippen molar-refractivity contribution >= 4 is 5.97 Å². The van der Waals surface area contributed by atoms with Gasteiger partial charge in [0.2, 0.25) is 0 Å². The Hall–Kier alpha value is -2.25. The summed E-state index contributed by atoms with van der Waals surface area (Å²) in [5, 5.41) is 16.2. The highest BCUT2D eigenvalue weighted by molar-refractivity contribution is 5.87. The molecule has 0 radical (unpaired) electrons. The Morgan fingerprint density at radius 3 is 2.87 bits per heavy atom. The number of ether oxygens (including phenoxy) is 1. The van der Waals surface area contributed by atoms with E-state index in [9.17, 15) is 4.79 Å². The molecule has 7 heteroatoms. The van der Waals surface area contributed by atoms with Crippen molar-refractivity contribution in [1.82, 2.24) is 15.5 Å². The van der Waals surface area contributed by atoms with Crippen molar-refractivity contribution in [2.24, 2.45) is 0 Å². The first kappa shape index (κ1) is 17.1. The van der Waals surface area contributed by atoms with Gasteiger partial charge in [-0.2, -0.15) is 4.98 Å². The minimum absolute atomic E-state index is 0.0995. The molecule has 0 aliphatic carbocycles. The van der Waals surface area contributed by atoms with Crippen LogP contribution in [0, 0.1) is 0 Å². The second kappa shape index (κ2) is 7.85. The lowest BCUT2D eigenvalue weighted by Crippen LogP contribution is -2.19. The maximum Gasteiger partial charge on any atom is 0.335 e. The average molecular weight is 319 g/mol. The lowest BCUT2D eigenvalue weighted by Gasteiger charge is -2.10. The third kappa shape index (κ3) is 5.15. The summed E-state index contributed by atoms with van der Waals surface area (Å²) in [6, 6.07) is 6.67. The normalized spacial score (nSPS) is 12.5. The van der Waals surface area contributed by atoms with Gasteiger partial charge in [-0.05, 0) is 38.5 Å². The molecule has 0 spiro atoms. The molecule has 2 rings (SSSR count).